The molecule has 2 aliphatic heterocycles. The first-order valence-electron chi connectivity index (χ1n) is 12.1. The van der Waals surface area contributed by atoms with Crippen LogP contribution in [0.3, 0.4) is 0 Å². The van der Waals surface area contributed by atoms with Gasteiger partial charge in [-0.2, -0.15) is 0 Å². The molecular formula is C25H35N3O6. The van der Waals surface area contributed by atoms with Gasteiger partial charge in [-0.15, -0.1) is 0 Å². The van der Waals surface area contributed by atoms with Gasteiger partial charge in [0.2, 0.25) is 5.91 Å². The van der Waals surface area contributed by atoms with E-state index in [9.17, 15) is 19.2 Å². The van der Waals surface area contributed by atoms with E-state index in [0.29, 0.717) is 32.4 Å². The second-order valence-electron chi connectivity index (χ2n) is 8.92. The number of nitrogens with one attached hydrogen (secondary N) is 2. The van der Waals surface area contributed by atoms with Crippen molar-refractivity contribution in [1.29, 1.82) is 0 Å². The molecule has 0 spiro atoms. The van der Waals surface area contributed by atoms with Crippen LogP contribution in [0.25, 0.3) is 0 Å². The van der Waals surface area contributed by atoms with Gasteiger partial charge in [-0.1, -0.05) is 57.5 Å². The Labute approximate surface area is 200 Å². The molecule has 2 saturated heterocycles. The van der Waals surface area contributed by atoms with Crippen molar-refractivity contribution in [3.63, 3.8) is 0 Å². The average molecular weight is 474 g/mol. The summed E-state index contributed by atoms with van der Waals surface area (Å²) in [7, 11) is 0. The molecule has 2 N–H and O–H groups in total. The SMILES string of the molecule is CCCNC(=O)[C@H]1O[C@@H]1C(=O)N[C@H](C(=O)N1CCC[C@H]1C(=O)OCc1ccccc1)[C@@H](C)CC. The number of carbonyl (C=O) groups is 4. The molecule has 9 heteroatoms. The molecule has 2 heterocycles. The van der Waals surface area contributed by atoms with Crippen molar-refractivity contribution in [3.8, 4) is 0 Å². The van der Waals surface area contributed by atoms with E-state index in [1.165, 1.54) is 4.90 Å². The Morgan fingerprint density at radius 1 is 1.12 bits per heavy atom. The van der Waals surface area contributed by atoms with E-state index in [4.69, 9.17) is 9.47 Å². The van der Waals surface area contributed by atoms with Gasteiger partial charge in [0.05, 0.1) is 0 Å². The van der Waals surface area contributed by atoms with Crippen molar-refractivity contribution in [2.75, 3.05) is 13.1 Å². The Morgan fingerprint density at radius 3 is 2.50 bits per heavy atom. The first kappa shape index (κ1) is 25.7. The number of hydrogen-bond donors (Lipinski definition) is 2. The van der Waals surface area contributed by atoms with Crippen molar-refractivity contribution >= 4 is 23.7 Å². The summed E-state index contributed by atoms with van der Waals surface area (Å²) in [5.74, 6) is -1.73. The minimum atomic E-state index is -0.901. The highest BCUT2D eigenvalue weighted by molar-refractivity contribution is 5.97. The van der Waals surface area contributed by atoms with Crippen molar-refractivity contribution < 1.29 is 28.7 Å². The first-order valence-corrected chi connectivity index (χ1v) is 12.1. The number of rotatable bonds is 11. The van der Waals surface area contributed by atoms with Gasteiger partial charge in [0.1, 0.15) is 18.7 Å². The lowest BCUT2D eigenvalue weighted by Crippen LogP contribution is -2.55. The van der Waals surface area contributed by atoms with Crippen LogP contribution in [0.1, 0.15) is 52.0 Å². The molecule has 9 nitrogen and oxygen atoms in total. The molecule has 0 bridgehead atoms. The predicted octanol–water partition coefficient (Wildman–Crippen LogP) is 1.55. The summed E-state index contributed by atoms with van der Waals surface area (Å²) in [5.41, 5.74) is 0.874. The Morgan fingerprint density at radius 2 is 1.82 bits per heavy atom. The summed E-state index contributed by atoms with van der Waals surface area (Å²) in [4.78, 5) is 52.5. The number of carbonyl (C=O) groups excluding carboxylic acids is 4. The highest BCUT2D eigenvalue weighted by Crippen LogP contribution is 2.25. The normalized spacial score (nSPS) is 23.0. The number of hydrogen-bond acceptors (Lipinski definition) is 6. The van der Waals surface area contributed by atoms with Crippen LogP contribution in [0.5, 0.6) is 0 Å². The average Bonchev–Trinajstić information content (AvgIpc) is 3.52. The van der Waals surface area contributed by atoms with E-state index < -0.39 is 36.2 Å². The molecule has 0 aromatic heterocycles. The van der Waals surface area contributed by atoms with Crippen molar-refractivity contribution in [1.82, 2.24) is 15.5 Å². The number of esters is 1. The van der Waals surface area contributed by atoms with Crippen LogP contribution in [0.15, 0.2) is 30.3 Å². The first-order chi connectivity index (χ1) is 16.4. The molecule has 2 fully saturated rings. The minimum Gasteiger partial charge on any atom is -0.459 e. The fraction of sp³-hybridized carbons (Fsp3) is 0.600. The molecule has 34 heavy (non-hydrogen) atoms. The van der Waals surface area contributed by atoms with Crippen molar-refractivity contribution in [3.05, 3.63) is 35.9 Å². The molecular weight excluding hydrogens is 438 g/mol. The van der Waals surface area contributed by atoms with Crippen LogP contribution >= 0.6 is 0 Å². The van der Waals surface area contributed by atoms with E-state index in [1.807, 2.05) is 51.1 Å². The lowest BCUT2D eigenvalue weighted by molar-refractivity contribution is -0.155. The third-order valence-electron chi connectivity index (χ3n) is 6.37. The number of nitrogens with zero attached hydrogens (tertiary/aromatic N) is 1. The third-order valence-corrected chi connectivity index (χ3v) is 6.37. The van der Waals surface area contributed by atoms with E-state index in [0.717, 1.165) is 12.0 Å². The molecule has 3 rings (SSSR count). The summed E-state index contributed by atoms with van der Waals surface area (Å²) in [6.07, 6.45) is 0.910. The minimum absolute atomic E-state index is 0.143. The summed E-state index contributed by atoms with van der Waals surface area (Å²) < 4.78 is 10.7. The van der Waals surface area contributed by atoms with Gasteiger partial charge in [-0.05, 0) is 30.7 Å². The summed E-state index contributed by atoms with van der Waals surface area (Å²) in [6.45, 7) is 6.82. The lowest BCUT2D eigenvalue weighted by atomic mass is 9.97. The summed E-state index contributed by atoms with van der Waals surface area (Å²) in [6, 6.07) is 7.88. The van der Waals surface area contributed by atoms with Crippen LogP contribution < -0.4 is 10.6 Å². The van der Waals surface area contributed by atoms with Gasteiger partial charge in [0.15, 0.2) is 12.2 Å². The van der Waals surface area contributed by atoms with Crippen LogP contribution in [0.2, 0.25) is 0 Å². The highest BCUT2D eigenvalue weighted by atomic mass is 16.6. The van der Waals surface area contributed by atoms with E-state index >= 15 is 0 Å². The smallest absolute Gasteiger partial charge is 0.329 e. The number of amides is 3. The molecule has 0 saturated carbocycles. The predicted molar refractivity (Wildman–Crippen MR) is 124 cm³/mol. The van der Waals surface area contributed by atoms with E-state index in [2.05, 4.69) is 10.6 Å². The molecule has 1 aromatic carbocycles. The van der Waals surface area contributed by atoms with E-state index in [-0.39, 0.29) is 24.3 Å². The van der Waals surface area contributed by atoms with Gasteiger partial charge < -0.3 is 25.0 Å². The Kier molecular flexibility index (Phi) is 9.04. The monoisotopic (exact) mass is 473 g/mol. The maximum Gasteiger partial charge on any atom is 0.329 e. The largest absolute Gasteiger partial charge is 0.459 e. The van der Waals surface area contributed by atoms with Gasteiger partial charge >= 0.3 is 5.97 Å². The Balaban J connectivity index is 1.60. The third kappa shape index (κ3) is 6.34. The van der Waals surface area contributed by atoms with Crippen molar-refractivity contribution in [2.45, 2.75) is 77.4 Å². The van der Waals surface area contributed by atoms with Crippen LogP contribution in [0, 0.1) is 5.92 Å². The zero-order valence-electron chi connectivity index (χ0n) is 20.1. The number of benzene rings is 1. The maximum absolute atomic E-state index is 13.5. The van der Waals surface area contributed by atoms with Gasteiger partial charge in [0, 0.05) is 13.1 Å². The molecule has 2 aliphatic rings. The highest BCUT2D eigenvalue weighted by Gasteiger charge is 2.51. The molecule has 3 amide bonds. The number of epoxide rings is 1. The van der Waals surface area contributed by atoms with Gasteiger partial charge in [-0.3, -0.25) is 14.4 Å². The van der Waals surface area contributed by atoms with Gasteiger partial charge in [-0.25, -0.2) is 4.79 Å². The van der Waals surface area contributed by atoms with E-state index in [1.54, 1.807) is 0 Å². The van der Waals surface area contributed by atoms with Crippen LogP contribution in [0.4, 0.5) is 0 Å². The fourth-order valence-corrected chi connectivity index (χ4v) is 4.06. The second-order valence-corrected chi connectivity index (χ2v) is 8.92. The second kappa shape index (κ2) is 12.0. The maximum atomic E-state index is 13.5. The molecule has 0 radical (unpaired) electrons. The molecule has 0 unspecified atom stereocenters. The van der Waals surface area contributed by atoms with Gasteiger partial charge in [0.25, 0.3) is 11.8 Å². The zero-order chi connectivity index (χ0) is 24.7. The summed E-state index contributed by atoms with van der Waals surface area (Å²) >= 11 is 0. The van der Waals surface area contributed by atoms with Crippen LogP contribution in [-0.4, -0.2) is 66.0 Å². The number of ether oxygens (including phenoxy) is 2. The summed E-state index contributed by atoms with van der Waals surface area (Å²) in [5, 5.41) is 5.48. The quantitative estimate of drug-likeness (QED) is 0.372. The molecule has 1 aromatic rings. The Hall–Kier alpha value is -2.94. The topological polar surface area (TPSA) is 117 Å². The fourth-order valence-electron chi connectivity index (χ4n) is 4.06. The van der Waals surface area contributed by atoms with Crippen molar-refractivity contribution in [2.24, 2.45) is 5.92 Å². The lowest BCUT2D eigenvalue weighted by Gasteiger charge is -2.31. The molecule has 5 atom stereocenters. The van der Waals surface area contributed by atoms with Crippen LogP contribution in [-0.2, 0) is 35.3 Å². The molecule has 186 valence electrons. The number of likely N-dealkylation sites (tertiary alicyclic amines) is 1. The Bertz CT molecular complexity index is 877. The zero-order valence-corrected chi connectivity index (χ0v) is 20.1. The standard InChI is InChI=1S/C25H35N3O6/c1-4-13-26-22(29)20-21(34-20)23(30)27-19(16(3)5-2)24(31)28-14-9-12-18(28)25(32)33-15-17-10-7-6-8-11-17/h6-8,10-11,16,18-21H,4-5,9,12-15H2,1-3H3,(H,26,29)(H,27,30)/t16-,18-,19-,20-,21-/m0/s1. The molecule has 0 aliphatic carbocycles.